The summed E-state index contributed by atoms with van der Waals surface area (Å²) in [6.07, 6.45) is 2.74. The van der Waals surface area contributed by atoms with Gasteiger partial charge in [-0.25, -0.2) is 0 Å². The Morgan fingerprint density at radius 3 is 2.57 bits per heavy atom. The van der Waals surface area contributed by atoms with Crippen molar-refractivity contribution in [2.24, 2.45) is 5.92 Å². The van der Waals surface area contributed by atoms with Gasteiger partial charge in [0.2, 0.25) is 0 Å². The van der Waals surface area contributed by atoms with Crippen molar-refractivity contribution in [1.82, 2.24) is 5.32 Å². The van der Waals surface area contributed by atoms with Crippen molar-refractivity contribution in [3.05, 3.63) is 11.3 Å². The summed E-state index contributed by atoms with van der Waals surface area (Å²) in [5.41, 5.74) is 3.22. The number of nitrogens with one attached hydrogen (secondary N) is 1. The third-order valence-corrected chi connectivity index (χ3v) is 1.94. The molecule has 0 radical (unpaired) electrons. The van der Waals surface area contributed by atoms with Gasteiger partial charge in [0.15, 0.2) is 0 Å². The summed E-state index contributed by atoms with van der Waals surface area (Å²) >= 11 is 0. The molecule has 0 aromatic rings. The molecule has 2 rings (SSSR count). The first-order chi connectivity index (χ1) is 3.42. The van der Waals surface area contributed by atoms with Gasteiger partial charge in [-0.1, -0.05) is 0 Å². The summed E-state index contributed by atoms with van der Waals surface area (Å²) in [6.45, 7) is 0. The second-order valence-electron chi connectivity index (χ2n) is 2.36. The minimum Gasteiger partial charge on any atom is -0.391 e. The van der Waals surface area contributed by atoms with Gasteiger partial charge in [-0.3, -0.25) is 0 Å². The highest BCUT2D eigenvalue weighted by molar-refractivity contribution is 5.40. The van der Waals surface area contributed by atoms with Crippen LogP contribution >= 0.6 is 0 Å². The Morgan fingerprint density at radius 1 is 1.57 bits per heavy atom. The second kappa shape index (κ2) is 0.857. The topological polar surface area (TPSA) is 12.0 Å². The second-order valence-corrected chi connectivity index (χ2v) is 2.36. The Morgan fingerprint density at radius 2 is 2.43 bits per heavy atom. The van der Waals surface area contributed by atoms with Gasteiger partial charge in [-0.2, -0.15) is 0 Å². The van der Waals surface area contributed by atoms with Crippen LogP contribution in [0.1, 0.15) is 12.8 Å². The molecule has 1 nitrogen and oxygen atoms in total. The van der Waals surface area contributed by atoms with Gasteiger partial charge >= 0.3 is 0 Å². The van der Waals surface area contributed by atoms with Crippen molar-refractivity contribution in [2.45, 2.75) is 12.8 Å². The van der Waals surface area contributed by atoms with E-state index in [0.29, 0.717) is 0 Å². The normalized spacial score (nSPS) is 34.1. The molecule has 0 spiro atoms. The number of hydrogen-bond acceptors (Lipinski definition) is 1. The zero-order chi connectivity index (χ0) is 4.85. The van der Waals surface area contributed by atoms with Crippen molar-refractivity contribution < 1.29 is 0 Å². The Balaban J connectivity index is 2.22. The van der Waals surface area contributed by atoms with Gasteiger partial charge in [-0.05, 0) is 24.3 Å². The van der Waals surface area contributed by atoms with Crippen LogP contribution < -0.4 is 5.32 Å². The molecule has 38 valence electrons. The molecule has 7 heavy (non-hydrogen) atoms. The molecule has 2 aliphatic rings. The van der Waals surface area contributed by atoms with E-state index in [1.54, 1.807) is 5.57 Å². The third kappa shape index (κ3) is 0.287. The number of fused-ring (bicyclic) bond motifs is 1. The minimum atomic E-state index is 1.03. The van der Waals surface area contributed by atoms with Crippen LogP contribution in [-0.4, -0.2) is 7.05 Å². The zero-order valence-electron chi connectivity index (χ0n) is 4.49. The predicted octanol–water partition coefficient (Wildman–Crippen LogP) is 0.883. The molecule has 1 atom stereocenters. The molecule has 1 saturated carbocycles. The first-order valence-corrected chi connectivity index (χ1v) is 2.81. The van der Waals surface area contributed by atoms with Crippen LogP contribution in [0.4, 0.5) is 0 Å². The Labute approximate surface area is 43.4 Å². The lowest BCUT2D eigenvalue weighted by molar-refractivity contribution is 0.721. The Hall–Kier alpha value is -0.460. The van der Waals surface area contributed by atoms with Crippen molar-refractivity contribution in [1.29, 1.82) is 0 Å². The predicted molar refractivity (Wildman–Crippen MR) is 28.8 cm³/mol. The maximum absolute atomic E-state index is 3.17. The van der Waals surface area contributed by atoms with Crippen LogP contribution in [0.2, 0.25) is 0 Å². The van der Waals surface area contributed by atoms with E-state index in [-0.39, 0.29) is 0 Å². The smallest absolute Gasteiger partial charge is 0.0105 e. The highest BCUT2D eigenvalue weighted by atomic mass is 14.9. The van der Waals surface area contributed by atoms with Crippen LogP contribution in [0.25, 0.3) is 0 Å². The lowest BCUT2D eigenvalue weighted by atomic mass is 10.1. The summed E-state index contributed by atoms with van der Waals surface area (Å²) in [5, 5.41) is 3.17. The molecule has 1 fully saturated rings. The lowest BCUT2D eigenvalue weighted by Gasteiger charge is -2.11. The van der Waals surface area contributed by atoms with Gasteiger partial charge < -0.3 is 5.32 Å². The molecule has 0 heterocycles. The Bertz CT molecular complexity index is 135. The van der Waals surface area contributed by atoms with Crippen molar-refractivity contribution >= 4 is 0 Å². The van der Waals surface area contributed by atoms with Crippen LogP contribution in [0.3, 0.4) is 0 Å². The average molecular weight is 95.1 g/mol. The van der Waals surface area contributed by atoms with Crippen LogP contribution in [0.5, 0.6) is 0 Å². The number of hydrogen-bond donors (Lipinski definition) is 1. The fourth-order valence-electron chi connectivity index (χ4n) is 1.28. The van der Waals surface area contributed by atoms with Crippen LogP contribution in [-0.2, 0) is 0 Å². The highest BCUT2D eigenvalue weighted by Gasteiger charge is 2.41. The maximum atomic E-state index is 3.17. The third-order valence-electron chi connectivity index (χ3n) is 1.94. The SMILES string of the molecule is CNC1=C2CC2C1. The summed E-state index contributed by atoms with van der Waals surface area (Å²) in [5.74, 6) is 1.03. The molecular formula is C6H9N. The molecule has 1 N–H and O–H groups in total. The molecule has 0 aliphatic heterocycles. The fourth-order valence-corrected chi connectivity index (χ4v) is 1.28. The quantitative estimate of drug-likeness (QED) is 0.510. The minimum absolute atomic E-state index is 1.03. The molecule has 0 aromatic heterocycles. The summed E-state index contributed by atoms with van der Waals surface area (Å²) < 4.78 is 0. The first-order valence-electron chi connectivity index (χ1n) is 2.81. The van der Waals surface area contributed by atoms with Crippen molar-refractivity contribution in [3.8, 4) is 0 Å². The monoisotopic (exact) mass is 95.1 g/mol. The van der Waals surface area contributed by atoms with E-state index in [9.17, 15) is 0 Å². The largest absolute Gasteiger partial charge is 0.391 e. The lowest BCUT2D eigenvalue weighted by Crippen LogP contribution is -2.11. The fraction of sp³-hybridized carbons (Fsp3) is 0.667. The van der Waals surface area contributed by atoms with Gasteiger partial charge in [0.1, 0.15) is 0 Å². The van der Waals surface area contributed by atoms with E-state index in [1.165, 1.54) is 18.5 Å². The van der Waals surface area contributed by atoms with Crippen molar-refractivity contribution in [2.75, 3.05) is 7.05 Å². The molecule has 1 heteroatoms. The zero-order valence-corrected chi connectivity index (χ0v) is 4.49. The maximum Gasteiger partial charge on any atom is 0.0105 e. The molecule has 0 saturated heterocycles. The summed E-state index contributed by atoms with van der Waals surface area (Å²) in [6, 6.07) is 0. The van der Waals surface area contributed by atoms with E-state index in [0.717, 1.165) is 5.92 Å². The van der Waals surface area contributed by atoms with E-state index >= 15 is 0 Å². The van der Waals surface area contributed by atoms with Crippen LogP contribution in [0.15, 0.2) is 11.3 Å². The van der Waals surface area contributed by atoms with E-state index in [4.69, 9.17) is 0 Å². The summed E-state index contributed by atoms with van der Waals surface area (Å²) in [7, 11) is 2.01. The Kier molecular flexibility index (Phi) is 0.432. The molecule has 1 unspecified atom stereocenters. The summed E-state index contributed by atoms with van der Waals surface area (Å²) in [4.78, 5) is 0. The number of allylic oxidation sites excluding steroid dienone is 2. The van der Waals surface area contributed by atoms with Crippen molar-refractivity contribution in [3.63, 3.8) is 0 Å². The van der Waals surface area contributed by atoms with E-state index in [2.05, 4.69) is 5.32 Å². The van der Waals surface area contributed by atoms with Gasteiger partial charge in [-0.15, -0.1) is 0 Å². The van der Waals surface area contributed by atoms with Gasteiger partial charge in [0.25, 0.3) is 0 Å². The highest BCUT2D eigenvalue weighted by Crippen LogP contribution is 2.53. The van der Waals surface area contributed by atoms with E-state index < -0.39 is 0 Å². The first kappa shape index (κ1) is 3.53. The molecule has 0 bridgehead atoms. The average Bonchev–Trinajstić information content (AvgIpc) is 2.18. The van der Waals surface area contributed by atoms with Crippen LogP contribution in [0, 0.1) is 5.92 Å². The standard InChI is InChI=1S/C6H9N/c1-7-6-3-4-2-5(4)6/h4,7H,2-3H2,1H3. The van der Waals surface area contributed by atoms with Gasteiger partial charge in [0, 0.05) is 12.7 Å². The van der Waals surface area contributed by atoms with Gasteiger partial charge in [0.05, 0.1) is 0 Å². The molecule has 2 aliphatic carbocycles. The number of rotatable bonds is 1. The molecule has 0 aromatic carbocycles. The van der Waals surface area contributed by atoms with E-state index in [1.807, 2.05) is 7.05 Å². The molecule has 0 amide bonds. The molecular weight excluding hydrogens is 86.1 g/mol.